The Hall–Kier alpha value is -2.67. The molecule has 4 rings (SSSR count). The molecular formula is C21H27N5O2. The van der Waals surface area contributed by atoms with Gasteiger partial charge in [-0.1, -0.05) is 25.1 Å². The van der Waals surface area contributed by atoms with Gasteiger partial charge in [-0.05, 0) is 24.6 Å². The van der Waals surface area contributed by atoms with Crippen LogP contribution in [0, 0.1) is 0 Å². The zero-order valence-corrected chi connectivity index (χ0v) is 16.3. The molecule has 28 heavy (non-hydrogen) atoms. The SMILES string of the molecule is CCC1CN(c2ccccc2)CCN1C(=O)c1ccnc(N2CCOCC2)n1. The van der Waals surface area contributed by atoms with Crippen molar-refractivity contribution in [1.82, 2.24) is 14.9 Å². The van der Waals surface area contributed by atoms with Crippen molar-refractivity contribution in [3.05, 3.63) is 48.3 Å². The molecule has 2 aliphatic heterocycles. The van der Waals surface area contributed by atoms with Crippen molar-refractivity contribution >= 4 is 17.5 Å². The lowest BCUT2D eigenvalue weighted by atomic mass is 10.1. The van der Waals surface area contributed by atoms with Crippen LogP contribution < -0.4 is 9.80 Å². The summed E-state index contributed by atoms with van der Waals surface area (Å²) in [6.07, 6.45) is 2.60. The van der Waals surface area contributed by atoms with Gasteiger partial charge in [-0.2, -0.15) is 0 Å². The number of piperazine rings is 1. The molecular weight excluding hydrogens is 354 g/mol. The Bertz CT molecular complexity index is 794. The van der Waals surface area contributed by atoms with Gasteiger partial charge in [-0.15, -0.1) is 0 Å². The van der Waals surface area contributed by atoms with Gasteiger partial charge in [0, 0.05) is 50.6 Å². The van der Waals surface area contributed by atoms with Crippen LogP contribution in [-0.4, -0.2) is 72.8 Å². The Morgan fingerprint density at radius 2 is 1.86 bits per heavy atom. The first kappa shape index (κ1) is 18.7. The van der Waals surface area contributed by atoms with Crippen LogP contribution in [0.2, 0.25) is 0 Å². The van der Waals surface area contributed by atoms with E-state index in [1.165, 1.54) is 5.69 Å². The minimum Gasteiger partial charge on any atom is -0.378 e. The largest absolute Gasteiger partial charge is 0.378 e. The van der Waals surface area contributed by atoms with Gasteiger partial charge in [-0.25, -0.2) is 9.97 Å². The molecule has 0 aliphatic carbocycles. The number of anilines is 2. The van der Waals surface area contributed by atoms with Crippen LogP contribution in [0.4, 0.5) is 11.6 Å². The van der Waals surface area contributed by atoms with Gasteiger partial charge < -0.3 is 19.4 Å². The number of hydrogen-bond donors (Lipinski definition) is 0. The van der Waals surface area contributed by atoms with Gasteiger partial charge in [0.2, 0.25) is 5.95 Å². The zero-order chi connectivity index (χ0) is 19.3. The van der Waals surface area contributed by atoms with Gasteiger partial charge >= 0.3 is 0 Å². The Kier molecular flexibility index (Phi) is 5.71. The van der Waals surface area contributed by atoms with Crippen LogP contribution in [0.5, 0.6) is 0 Å². The van der Waals surface area contributed by atoms with Gasteiger partial charge in [0.25, 0.3) is 5.91 Å². The van der Waals surface area contributed by atoms with Crippen molar-refractivity contribution in [2.24, 2.45) is 0 Å². The highest BCUT2D eigenvalue weighted by Crippen LogP contribution is 2.22. The maximum absolute atomic E-state index is 13.2. The molecule has 7 heteroatoms. The third-order valence-electron chi connectivity index (χ3n) is 5.49. The van der Waals surface area contributed by atoms with E-state index >= 15 is 0 Å². The molecule has 148 valence electrons. The summed E-state index contributed by atoms with van der Waals surface area (Å²) in [6, 6.07) is 12.3. The minimum atomic E-state index is -0.00327. The number of amides is 1. The van der Waals surface area contributed by atoms with Gasteiger partial charge in [0.05, 0.1) is 13.2 Å². The van der Waals surface area contributed by atoms with Crippen LogP contribution in [-0.2, 0) is 4.74 Å². The predicted octanol–water partition coefficient (Wildman–Crippen LogP) is 2.05. The van der Waals surface area contributed by atoms with Crippen LogP contribution in [0.3, 0.4) is 0 Å². The topological polar surface area (TPSA) is 61.8 Å². The van der Waals surface area contributed by atoms with E-state index in [4.69, 9.17) is 4.74 Å². The monoisotopic (exact) mass is 381 g/mol. The highest BCUT2D eigenvalue weighted by atomic mass is 16.5. The lowest BCUT2D eigenvalue weighted by Crippen LogP contribution is -2.55. The van der Waals surface area contributed by atoms with E-state index in [-0.39, 0.29) is 11.9 Å². The van der Waals surface area contributed by atoms with E-state index in [0.29, 0.717) is 31.4 Å². The molecule has 1 aromatic heterocycles. The molecule has 2 aromatic rings. The first-order valence-corrected chi connectivity index (χ1v) is 10.0. The summed E-state index contributed by atoms with van der Waals surface area (Å²) in [5.74, 6) is 0.613. The molecule has 0 spiro atoms. The average molecular weight is 381 g/mol. The van der Waals surface area contributed by atoms with E-state index in [9.17, 15) is 4.79 Å². The molecule has 1 aromatic carbocycles. The van der Waals surface area contributed by atoms with Crippen LogP contribution in [0.15, 0.2) is 42.6 Å². The second-order valence-electron chi connectivity index (χ2n) is 7.18. The summed E-state index contributed by atoms with van der Waals surface area (Å²) >= 11 is 0. The third-order valence-corrected chi connectivity index (χ3v) is 5.49. The van der Waals surface area contributed by atoms with Crippen molar-refractivity contribution in [3.8, 4) is 0 Å². The highest BCUT2D eigenvalue weighted by Gasteiger charge is 2.31. The van der Waals surface area contributed by atoms with Crippen LogP contribution >= 0.6 is 0 Å². The summed E-state index contributed by atoms with van der Waals surface area (Å²) in [4.78, 5) is 28.6. The van der Waals surface area contributed by atoms with Crippen molar-refractivity contribution in [1.29, 1.82) is 0 Å². The number of ether oxygens (including phenoxy) is 1. The van der Waals surface area contributed by atoms with E-state index in [0.717, 1.165) is 32.6 Å². The average Bonchev–Trinajstić information content (AvgIpc) is 2.79. The summed E-state index contributed by atoms with van der Waals surface area (Å²) in [6.45, 7) is 7.35. The van der Waals surface area contributed by atoms with Gasteiger partial charge in [0.15, 0.2) is 0 Å². The molecule has 1 atom stereocenters. The molecule has 1 amide bonds. The number of rotatable bonds is 4. The molecule has 7 nitrogen and oxygen atoms in total. The normalized spacial score (nSPS) is 20.3. The lowest BCUT2D eigenvalue weighted by Gasteiger charge is -2.42. The Labute approximate surface area is 165 Å². The standard InChI is InChI=1S/C21H27N5O2/c1-2-17-16-25(18-6-4-3-5-7-18)10-11-26(17)20(27)19-8-9-22-21(23-19)24-12-14-28-15-13-24/h3-9,17H,2,10-16H2,1H3. The number of carbonyl (C=O) groups excluding carboxylic acids is 1. The number of carbonyl (C=O) groups is 1. The molecule has 1 unspecified atom stereocenters. The highest BCUT2D eigenvalue weighted by molar-refractivity contribution is 5.93. The van der Waals surface area contributed by atoms with Gasteiger partial charge in [0.1, 0.15) is 5.69 Å². The number of aromatic nitrogens is 2. The van der Waals surface area contributed by atoms with Crippen molar-refractivity contribution in [2.45, 2.75) is 19.4 Å². The van der Waals surface area contributed by atoms with E-state index in [1.54, 1.807) is 12.3 Å². The van der Waals surface area contributed by atoms with E-state index < -0.39 is 0 Å². The Morgan fingerprint density at radius 1 is 1.07 bits per heavy atom. The van der Waals surface area contributed by atoms with Crippen LogP contribution in [0.25, 0.3) is 0 Å². The Morgan fingerprint density at radius 3 is 2.61 bits per heavy atom. The fourth-order valence-electron chi connectivity index (χ4n) is 3.88. The number of benzene rings is 1. The summed E-state index contributed by atoms with van der Waals surface area (Å²) in [5.41, 5.74) is 1.69. The molecule has 2 saturated heterocycles. The van der Waals surface area contributed by atoms with Crippen LogP contribution in [0.1, 0.15) is 23.8 Å². The third kappa shape index (κ3) is 3.94. The smallest absolute Gasteiger partial charge is 0.273 e. The first-order chi connectivity index (χ1) is 13.8. The number of nitrogens with zero attached hydrogens (tertiary/aromatic N) is 5. The lowest BCUT2D eigenvalue weighted by molar-refractivity contribution is 0.0645. The first-order valence-electron chi connectivity index (χ1n) is 10.0. The molecule has 0 bridgehead atoms. The Balaban J connectivity index is 1.48. The fourth-order valence-corrected chi connectivity index (χ4v) is 3.88. The summed E-state index contributed by atoms with van der Waals surface area (Å²) < 4.78 is 5.39. The summed E-state index contributed by atoms with van der Waals surface area (Å²) in [7, 11) is 0. The molecule has 0 saturated carbocycles. The van der Waals surface area contributed by atoms with E-state index in [2.05, 4.69) is 51.0 Å². The maximum atomic E-state index is 13.2. The molecule has 2 aliphatic rings. The van der Waals surface area contributed by atoms with E-state index in [1.807, 2.05) is 11.0 Å². The minimum absolute atomic E-state index is 0.00327. The number of hydrogen-bond acceptors (Lipinski definition) is 6. The quantitative estimate of drug-likeness (QED) is 0.808. The molecule has 0 N–H and O–H groups in total. The number of morpholine rings is 1. The van der Waals surface area contributed by atoms with Crippen molar-refractivity contribution in [3.63, 3.8) is 0 Å². The second kappa shape index (κ2) is 8.56. The molecule has 0 radical (unpaired) electrons. The van der Waals surface area contributed by atoms with Crippen molar-refractivity contribution in [2.75, 3.05) is 55.7 Å². The maximum Gasteiger partial charge on any atom is 0.273 e. The zero-order valence-electron chi connectivity index (χ0n) is 16.3. The summed E-state index contributed by atoms with van der Waals surface area (Å²) in [5, 5.41) is 0. The van der Waals surface area contributed by atoms with Gasteiger partial charge in [-0.3, -0.25) is 4.79 Å². The second-order valence-corrected chi connectivity index (χ2v) is 7.18. The van der Waals surface area contributed by atoms with Crippen molar-refractivity contribution < 1.29 is 9.53 Å². The fraction of sp³-hybridized carbons (Fsp3) is 0.476. The predicted molar refractivity (Wildman–Crippen MR) is 109 cm³/mol. The molecule has 2 fully saturated rings. The number of para-hydroxylation sites is 1. The molecule has 3 heterocycles.